The van der Waals surface area contributed by atoms with E-state index >= 15 is 0 Å². The van der Waals surface area contributed by atoms with Crippen LogP contribution < -0.4 is 0 Å². The number of nitrogens with zero attached hydrogens (tertiary/aromatic N) is 3. The molecule has 1 aromatic heterocycles. The quantitative estimate of drug-likeness (QED) is 0.799. The highest BCUT2D eigenvalue weighted by molar-refractivity contribution is 9.10. The Morgan fingerprint density at radius 1 is 1.16 bits per heavy atom. The first-order chi connectivity index (χ1) is 8.88. The average Bonchev–Trinajstić information content (AvgIpc) is 2.64. The summed E-state index contributed by atoms with van der Waals surface area (Å²) < 4.78 is 2.55. The molecule has 2 rings (SSSR count). The molecule has 0 unspecified atom stereocenters. The summed E-state index contributed by atoms with van der Waals surface area (Å²) in [7, 11) is 1.87. The highest BCUT2D eigenvalue weighted by atomic mass is 79.9. The number of rotatable bonds is 1. The highest BCUT2D eigenvalue weighted by Gasteiger charge is 2.20. The maximum atomic E-state index is 9.10. The predicted molar refractivity (Wildman–Crippen MR) is 80.0 cm³/mol. The summed E-state index contributed by atoms with van der Waals surface area (Å²) in [4.78, 5) is 0. The van der Waals surface area contributed by atoms with Gasteiger partial charge in [-0.2, -0.15) is 10.4 Å². The fourth-order valence-corrected chi connectivity index (χ4v) is 3.04. The summed E-state index contributed by atoms with van der Waals surface area (Å²) in [6.45, 7) is 8.45. The van der Waals surface area contributed by atoms with Crippen molar-refractivity contribution in [2.24, 2.45) is 7.05 Å². The topological polar surface area (TPSA) is 41.6 Å². The normalized spacial score (nSPS) is 10.6. The van der Waals surface area contributed by atoms with E-state index in [2.05, 4.69) is 60.9 Å². The van der Waals surface area contributed by atoms with Gasteiger partial charge in [0, 0.05) is 12.6 Å². The molecule has 0 aliphatic carbocycles. The van der Waals surface area contributed by atoms with Crippen LogP contribution in [0, 0.1) is 39.0 Å². The van der Waals surface area contributed by atoms with E-state index in [1.54, 1.807) is 4.68 Å². The van der Waals surface area contributed by atoms with Gasteiger partial charge in [0.2, 0.25) is 0 Å². The zero-order valence-electron chi connectivity index (χ0n) is 11.8. The van der Waals surface area contributed by atoms with Crippen LogP contribution in [0.2, 0.25) is 0 Å². The Bertz CT molecular complexity index is 679. The summed E-state index contributed by atoms with van der Waals surface area (Å²) in [5, 5.41) is 13.4. The van der Waals surface area contributed by atoms with Gasteiger partial charge in [-0.05, 0) is 65.9 Å². The van der Waals surface area contributed by atoms with Gasteiger partial charge in [-0.25, -0.2) is 0 Å². The first-order valence-electron chi connectivity index (χ1n) is 6.08. The Kier molecular flexibility index (Phi) is 3.51. The molecule has 4 heteroatoms. The van der Waals surface area contributed by atoms with Gasteiger partial charge in [0.25, 0.3) is 0 Å². The minimum absolute atomic E-state index is 0.426. The number of halogens is 1. The van der Waals surface area contributed by atoms with Gasteiger partial charge in [0.1, 0.15) is 6.07 Å². The molecule has 0 saturated carbocycles. The third-order valence-electron chi connectivity index (χ3n) is 3.70. The molecule has 2 aromatic rings. The number of nitriles is 1. The van der Waals surface area contributed by atoms with Gasteiger partial charge in [0.15, 0.2) is 5.69 Å². The molecule has 1 aromatic carbocycles. The van der Waals surface area contributed by atoms with E-state index in [0.717, 1.165) is 10.2 Å². The Balaban J connectivity index is 2.88. The van der Waals surface area contributed by atoms with Crippen LogP contribution >= 0.6 is 15.9 Å². The van der Waals surface area contributed by atoms with Gasteiger partial charge in [0.05, 0.1) is 10.2 Å². The molecular formula is C15H16BrN3. The maximum Gasteiger partial charge on any atom is 0.177 e. The number of benzene rings is 1. The van der Waals surface area contributed by atoms with Gasteiger partial charge in [-0.3, -0.25) is 4.68 Å². The van der Waals surface area contributed by atoms with E-state index in [-0.39, 0.29) is 0 Å². The zero-order chi connectivity index (χ0) is 14.3. The van der Waals surface area contributed by atoms with Crippen LogP contribution in [0.15, 0.2) is 10.5 Å². The Morgan fingerprint density at radius 3 is 2.11 bits per heavy atom. The van der Waals surface area contributed by atoms with Crippen molar-refractivity contribution in [3.8, 4) is 17.3 Å². The smallest absolute Gasteiger partial charge is 0.177 e. The standard InChI is InChI=1S/C15H16BrN3/c1-8-6-9(2)11(4)13(10(8)3)15-14(16)12(7-17)18-19(15)5/h6H,1-5H3. The van der Waals surface area contributed by atoms with Gasteiger partial charge in [-0.15, -0.1) is 0 Å². The van der Waals surface area contributed by atoms with Gasteiger partial charge < -0.3 is 0 Å². The van der Waals surface area contributed by atoms with E-state index in [1.807, 2.05) is 7.05 Å². The zero-order valence-corrected chi connectivity index (χ0v) is 13.4. The van der Waals surface area contributed by atoms with Crippen LogP contribution in [0.4, 0.5) is 0 Å². The Labute approximate surface area is 122 Å². The fourth-order valence-electron chi connectivity index (χ4n) is 2.41. The molecule has 0 aliphatic heterocycles. The van der Waals surface area contributed by atoms with Crippen molar-refractivity contribution in [1.82, 2.24) is 9.78 Å². The van der Waals surface area contributed by atoms with Crippen LogP contribution in [0.3, 0.4) is 0 Å². The summed E-state index contributed by atoms with van der Waals surface area (Å²) in [5.74, 6) is 0. The second-order valence-electron chi connectivity index (χ2n) is 4.88. The molecule has 98 valence electrons. The molecule has 19 heavy (non-hydrogen) atoms. The van der Waals surface area contributed by atoms with E-state index in [4.69, 9.17) is 5.26 Å². The van der Waals surface area contributed by atoms with Crippen LogP contribution in [0.1, 0.15) is 27.9 Å². The predicted octanol–water partition coefficient (Wildman–Crippen LogP) is 3.95. The monoisotopic (exact) mass is 317 g/mol. The summed E-state index contributed by atoms with van der Waals surface area (Å²) in [5.41, 5.74) is 7.54. The molecule has 1 heterocycles. The maximum absolute atomic E-state index is 9.10. The Hall–Kier alpha value is -1.60. The van der Waals surface area contributed by atoms with Crippen molar-refractivity contribution in [3.05, 3.63) is 38.5 Å². The van der Waals surface area contributed by atoms with Crippen LogP contribution in [-0.4, -0.2) is 9.78 Å². The van der Waals surface area contributed by atoms with Gasteiger partial charge >= 0.3 is 0 Å². The molecule has 0 atom stereocenters. The van der Waals surface area contributed by atoms with Gasteiger partial charge in [-0.1, -0.05) is 6.07 Å². The lowest BCUT2D eigenvalue weighted by molar-refractivity contribution is 0.769. The first kappa shape index (κ1) is 13.8. The van der Waals surface area contributed by atoms with Crippen molar-refractivity contribution < 1.29 is 0 Å². The van der Waals surface area contributed by atoms with E-state index in [1.165, 1.54) is 27.8 Å². The molecule has 0 amide bonds. The molecule has 0 fully saturated rings. The summed E-state index contributed by atoms with van der Waals surface area (Å²) >= 11 is 3.51. The first-order valence-corrected chi connectivity index (χ1v) is 6.88. The van der Waals surface area contributed by atoms with E-state index in [0.29, 0.717) is 5.69 Å². The minimum atomic E-state index is 0.426. The van der Waals surface area contributed by atoms with Crippen molar-refractivity contribution in [2.75, 3.05) is 0 Å². The van der Waals surface area contributed by atoms with Crippen molar-refractivity contribution in [2.45, 2.75) is 27.7 Å². The second-order valence-corrected chi connectivity index (χ2v) is 5.67. The van der Waals surface area contributed by atoms with E-state index in [9.17, 15) is 0 Å². The SMILES string of the molecule is Cc1cc(C)c(C)c(-c2c(Br)c(C#N)nn2C)c1C. The minimum Gasteiger partial charge on any atom is -0.265 e. The lowest BCUT2D eigenvalue weighted by Gasteiger charge is -2.16. The van der Waals surface area contributed by atoms with Crippen molar-refractivity contribution in [3.63, 3.8) is 0 Å². The molecule has 0 radical (unpaired) electrons. The third-order valence-corrected chi connectivity index (χ3v) is 4.45. The molecular weight excluding hydrogens is 302 g/mol. The van der Waals surface area contributed by atoms with Crippen molar-refractivity contribution in [1.29, 1.82) is 5.26 Å². The van der Waals surface area contributed by atoms with Crippen LogP contribution in [0.25, 0.3) is 11.3 Å². The molecule has 0 saturated heterocycles. The second kappa shape index (κ2) is 4.82. The molecule has 0 aliphatic rings. The lowest BCUT2D eigenvalue weighted by Crippen LogP contribution is -2.00. The number of aryl methyl sites for hydroxylation is 3. The number of hydrogen-bond acceptors (Lipinski definition) is 2. The Morgan fingerprint density at radius 2 is 1.68 bits per heavy atom. The van der Waals surface area contributed by atoms with Crippen LogP contribution in [0.5, 0.6) is 0 Å². The summed E-state index contributed by atoms with van der Waals surface area (Å²) in [6.07, 6.45) is 0. The lowest BCUT2D eigenvalue weighted by atomic mass is 9.92. The molecule has 3 nitrogen and oxygen atoms in total. The highest BCUT2D eigenvalue weighted by Crippen LogP contribution is 2.37. The summed E-state index contributed by atoms with van der Waals surface area (Å²) in [6, 6.07) is 4.31. The largest absolute Gasteiger partial charge is 0.265 e. The number of hydrogen-bond donors (Lipinski definition) is 0. The third kappa shape index (κ3) is 2.08. The fraction of sp³-hybridized carbons (Fsp3) is 0.333. The van der Waals surface area contributed by atoms with Crippen molar-refractivity contribution >= 4 is 15.9 Å². The molecule has 0 N–H and O–H groups in total. The van der Waals surface area contributed by atoms with E-state index < -0.39 is 0 Å². The average molecular weight is 318 g/mol. The number of aromatic nitrogens is 2. The molecule has 0 spiro atoms. The van der Waals surface area contributed by atoms with Crippen LogP contribution in [-0.2, 0) is 7.05 Å². The molecule has 0 bridgehead atoms.